The first-order valence-corrected chi connectivity index (χ1v) is 8.10. The van der Waals surface area contributed by atoms with E-state index in [1.165, 1.54) is 5.56 Å². The van der Waals surface area contributed by atoms with Gasteiger partial charge in [-0.3, -0.25) is 4.79 Å². The van der Waals surface area contributed by atoms with Crippen molar-refractivity contribution in [1.82, 2.24) is 5.32 Å². The van der Waals surface area contributed by atoms with Crippen LogP contribution >= 0.6 is 11.3 Å². The van der Waals surface area contributed by atoms with Crippen LogP contribution in [0.3, 0.4) is 0 Å². The molecule has 4 heteroatoms. The predicted octanol–water partition coefficient (Wildman–Crippen LogP) is 3.92. The summed E-state index contributed by atoms with van der Waals surface area (Å²) in [5, 5.41) is 4.96. The van der Waals surface area contributed by atoms with Crippen LogP contribution in [0.4, 0.5) is 0 Å². The molecule has 21 heavy (non-hydrogen) atoms. The van der Waals surface area contributed by atoms with Gasteiger partial charge < -0.3 is 10.1 Å². The number of rotatable bonds is 7. The molecule has 1 atom stereocenters. The van der Waals surface area contributed by atoms with E-state index in [4.69, 9.17) is 4.74 Å². The van der Waals surface area contributed by atoms with Crippen LogP contribution in [0.1, 0.15) is 30.2 Å². The first-order chi connectivity index (χ1) is 10.2. The van der Waals surface area contributed by atoms with Gasteiger partial charge >= 0.3 is 0 Å². The Morgan fingerprint density at radius 1 is 1.29 bits per heavy atom. The monoisotopic (exact) mass is 303 g/mol. The average Bonchev–Trinajstić information content (AvgIpc) is 3.00. The Morgan fingerprint density at radius 2 is 2.05 bits per heavy atom. The summed E-state index contributed by atoms with van der Waals surface area (Å²) in [5.41, 5.74) is 1.18. The molecule has 0 aliphatic heterocycles. The molecule has 2 rings (SSSR count). The number of hydrogen-bond donors (Lipinski definition) is 1. The highest BCUT2D eigenvalue weighted by Crippen LogP contribution is 2.16. The highest BCUT2D eigenvalue weighted by atomic mass is 32.1. The van der Waals surface area contributed by atoms with Gasteiger partial charge in [0.15, 0.2) is 6.10 Å². The van der Waals surface area contributed by atoms with E-state index in [9.17, 15) is 4.79 Å². The van der Waals surface area contributed by atoms with Gasteiger partial charge in [0, 0.05) is 4.88 Å². The standard InChI is InChI=1S/C17H21NO2S/c1-3-5-16(20-14-9-7-13(2)8-10-14)17(19)18-12-15-6-4-11-21-15/h4,6-11,16H,3,5,12H2,1-2H3,(H,18,19). The van der Waals surface area contributed by atoms with Crippen LogP contribution in [0.2, 0.25) is 0 Å². The summed E-state index contributed by atoms with van der Waals surface area (Å²) in [5.74, 6) is 0.691. The van der Waals surface area contributed by atoms with Crippen molar-refractivity contribution in [2.75, 3.05) is 0 Å². The lowest BCUT2D eigenvalue weighted by atomic mass is 10.2. The van der Waals surface area contributed by atoms with Crippen molar-refractivity contribution in [3.8, 4) is 5.75 Å². The number of carbonyl (C=O) groups excluding carboxylic acids is 1. The SMILES string of the molecule is CCCC(Oc1ccc(C)cc1)C(=O)NCc1cccs1. The Morgan fingerprint density at radius 3 is 2.67 bits per heavy atom. The second-order valence-electron chi connectivity index (χ2n) is 5.01. The van der Waals surface area contributed by atoms with Gasteiger partial charge in [-0.15, -0.1) is 11.3 Å². The third-order valence-electron chi connectivity index (χ3n) is 3.16. The first-order valence-electron chi connectivity index (χ1n) is 7.22. The molecule has 1 aromatic heterocycles. The molecule has 1 heterocycles. The van der Waals surface area contributed by atoms with E-state index in [2.05, 4.69) is 12.2 Å². The summed E-state index contributed by atoms with van der Waals surface area (Å²) in [6, 6.07) is 11.8. The fraction of sp³-hybridized carbons (Fsp3) is 0.353. The van der Waals surface area contributed by atoms with Crippen molar-refractivity contribution in [1.29, 1.82) is 0 Å². The van der Waals surface area contributed by atoms with Crippen molar-refractivity contribution in [2.45, 2.75) is 39.3 Å². The topological polar surface area (TPSA) is 38.3 Å². The van der Waals surface area contributed by atoms with Crippen LogP contribution in [-0.4, -0.2) is 12.0 Å². The van der Waals surface area contributed by atoms with Crippen molar-refractivity contribution >= 4 is 17.2 Å². The van der Waals surface area contributed by atoms with Gasteiger partial charge in [0.05, 0.1) is 6.54 Å². The van der Waals surface area contributed by atoms with E-state index in [-0.39, 0.29) is 5.91 Å². The van der Waals surface area contributed by atoms with Crippen molar-refractivity contribution < 1.29 is 9.53 Å². The largest absolute Gasteiger partial charge is 0.481 e. The molecule has 112 valence electrons. The molecular formula is C17H21NO2S. The van der Waals surface area contributed by atoms with E-state index in [0.29, 0.717) is 13.0 Å². The molecule has 1 unspecified atom stereocenters. The summed E-state index contributed by atoms with van der Waals surface area (Å²) in [7, 11) is 0. The van der Waals surface area contributed by atoms with Gasteiger partial charge in [-0.25, -0.2) is 0 Å². The Hall–Kier alpha value is -1.81. The molecule has 0 aliphatic rings. The number of nitrogens with one attached hydrogen (secondary N) is 1. The number of hydrogen-bond acceptors (Lipinski definition) is 3. The fourth-order valence-electron chi connectivity index (χ4n) is 1.99. The van der Waals surface area contributed by atoms with Gasteiger partial charge in [-0.1, -0.05) is 37.1 Å². The lowest BCUT2D eigenvalue weighted by Gasteiger charge is -2.18. The number of benzene rings is 1. The molecule has 3 nitrogen and oxygen atoms in total. The number of thiophene rings is 1. The molecule has 0 saturated carbocycles. The number of amides is 1. The van der Waals surface area contributed by atoms with Crippen LogP contribution in [0.5, 0.6) is 5.75 Å². The van der Waals surface area contributed by atoms with Gasteiger partial charge in [-0.05, 0) is 36.9 Å². The molecule has 1 aromatic carbocycles. The lowest BCUT2D eigenvalue weighted by molar-refractivity contribution is -0.128. The maximum Gasteiger partial charge on any atom is 0.261 e. The minimum atomic E-state index is -0.433. The van der Waals surface area contributed by atoms with Gasteiger partial charge in [0.2, 0.25) is 0 Å². The number of aryl methyl sites for hydroxylation is 1. The third kappa shape index (κ3) is 4.90. The molecule has 0 aliphatic carbocycles. The highest BCUT2D eigenvalue weighted by Gasteiger charge is 2.19. The van der Waals surface area contributed by atoms with Gasteiger partial charge in [0.25, 0.3) is 5.91 Å². The summed E-state index contributed by atoms with van der Waals surface area (Å²) < 4.78 is 5.83. The molecular weight excluding hydrogens is 282 g/mol. The third-order valence-corrected chi connectivity index (χ3v) is 4.04. The van der Waals surface area contributed by atoms with Crippen LogP contribution < -0.4 is 10.1 Å². The Labute approximate surface area is 130 Å². The van der Waals surface area contributed by atoms with Crippen LogP contribution in [0.15, 0.2) is 41.8 Å². The maximum atomic E-state index is 12.3. The van der Waals surface area contributed by atoms with Gasteiger partial charge in [0.1, 0.15) is 5.75 Å². The molecule has 0 radical (unpaired) electrons. The summed E-state index contributed by atoms with van der Waals surface area (Å²) in [6.07, 6.45) is 1.19. The van der Waals surface area contributed by atoms with Crippen molar-refractivity contribution in [3.63, 3.8) is 0 Å². The molecule has 1 amide bonds. The lowest BCUT2D eigenvalue weighted by Crippen LogP contribution is -2.37. The number of ether oxygens (including phenoxy) is 1. The summed E-state index contributed by atoms with van der Waals surface area (Å²) in [4.78, 5) is 13.4. The van der Waals surface area contributed by atoms with E-state index in [1.54, 1.807) is 11.3 Å². The maximum absolute atomic E-state index is 12.3. The Balaban J connectivity index is 1.93. The molecule has 0 bridgehead atoms. The van der Waals surface area contributed by atoms with E-state index in [1.807, 2.05) is 48.7 Å². The van der Waals surface area contributed by atoms with Crippen molar-refractivity contribution in [2.24, 2.45) is 0 Å². The molecule has 1 N–H and O–H groups in total. The van der Waals surface area contributed by atoms with E-state index < -0.39 is 6.10 Å². The van der Waals surface area contributed by atoms with Gasteiger partial charge in [-0.2, -0.15) is 0 Å². The Bertz CT molecular complexity index is 549. The fourth-order valence-corrected chi connectivity index (χ4v) is 2.63. The minimum absolute atomic E-state index is 0.0502. The van der Waals surface area contributed by atoms with E-state index >= 15 is 0 Å². The zero-order valence-corrected chi connectivity index (χ0v) is 13.3. The van der Waals surface area contributed by atoms with Crippen LogP contribution in [0, 0.1) is 6.92 Å². The second kappa shape index (κ2) is 7.84. The molecule has 0 saturated heterocycles. The Kier molecular flexibility index (Phi) is 5.81. The molecule has 0 fully saturated rings. The quantitative estimate of drug-likeness (QED) is 0.842. The first kappa shape index (κ1) is 15.6. The van der Waals surface area contributed by atoms with Crippen LogP contribution in [0.25, 0.3) is 0 Å². The molecule has 0 spiro atoms. The zero-order chi connectivity index (χ0) is 15.1. The highest BCUT2D eigenvalue weighted by molar-refractivity contribution is 7.09. The second-order valence-corrected chi connectivity index (χ2v) is 6.04. The number of carbonyl (C=O) groups is 1. The van der Waals surface area contributed by atoms with E-state index in [0.717, 1.165) is 17.0 Å². The smallest absolute Gasteiger partial charge is 0.261 e. The summed E-state index contributed by atoms with van der Waals surface area (Å²) >= 11 is 1.64. The minimum Gasteiger partial charge on any atom is -0.481 e. The van der Waals surface area contributed by atoms with Crippen LogP contribution in [-0.2, 0) is 11.3 Å². The van der Waals surface area contributed by atoms with Crippen molar-refractivity contribution in [3.05, 3.63) is 52.2 Å². The normalized spacial score (nSPS) is 11.9. The zero-order valence-electron chi connectivity index (χ0n) is 12.5. The predicted molar refractivity (Wildman–Crippen MR) is 86.7 cm³/mol. The average molecular weight is 303 g/mol. The summed E-state index contributed by atoms with van der Waals surface area (Å²) in [6.45, 7) is 4.65. The molecule has 2 aromatic rings.